The third kappa shape index (κ3) is 3.78. The molecule has 2 aromatic rings. The molecule has 0 fully saturated rings. The molecule has 2 nitrogen and oxygen atoms in total. The molecule has 2 aromatic carbocycles. The number of rotatable bonds is 5. The van der Waals surface area contributed by atoms with Crippen LogP contribution in [0.4, 0.5) is 0 Å². The zero-order valence-corrected chi connectivity index (χ0v) is 13.0. The van der Waals surface area contributed by atoms with E-state index in [2.05, 4.69) is 31.2 Å². The van der Waals surface area contributed by atoms with Crippen molar-refractivity contribution in [3.63, 3.8) is 0 Å². The van der Waals surface area contributed by atoms with Crippen molar-refractivity contribution in [2.24, 2.45) is 5.73 Å². The minimum absolute atomic E-state index is 0.161. The summed E-state index contributed by atoms with van der Waals surface area (Å²) in [6.07, 6.45) is 0.888. The molecule has 20 heavy (non-hydrogen) atoms. The van der Waals surface area contributed by atoms with Crippen molar-refractivity contribution in [1.82, 2.24) is 0 Å². The Labute approximate surface area is 125 Å². The monoisotopic (exact) mass is 287 g/mol. The molecule has 0 aliphatic heterocycles. The summed E-state index contributed by atoms with van der Waals surface area (Å²) in [5.41, 5.74) is 8.53. The number of benzene rings is 2. The van der Waals surface area contributed by atoms with Crippen molar-refractivity contribution in [3.8, 4) is 5.75 Å². The van der Waals surface area contributed by atoms with E-state index >= 15 is 0 Å². The van der Waals surface area contributed by atoms with Gasteiger partial charge < -0.3 is 10.5 Å². The summed E-state index contributed by atoms with van der Waals surface area (Å²) in [6.45, 7) is 4.15. The fraction of sp³-hybridized carbons (Fsp3) is 0.294. The molecule has 0 heterocycles. The molecule has 1 atom stereocenters. The Bertz CT molecular complexity index is 581. The predicted molar refractivity (Wildman–Crippen MR) is 85.6 cm³/mol. The summed E-state index contributed by atoms with van der Waals surface area (Å²) < 4.78 is 5.42. The molecule has 0 amide bonds. The van der Waals surface area contributed by atoms with Crippen LogP contribution in [0.5, 0.6) is 5.75 Å². The quantitative estimate of drug-likeness (QED) is 0.901. The molecule has 0 radical (unpaired) electrons. The Morgan fingerprint density at radius 2 is 1.90 bits per heavy atom. The predicted octanol–water partition coefficient (Wildman–Crippen LogP) is 4.04. The summed E-state index contributed by atoms with van der Waals surface area (Å²) in [7, 11) is 1.71. The maximum atomic E-state index is 5.96. The minimum atomic E-state index is 0.161. The zero-order valence-electron chi connectivity index (χ0n) is 12.2. The number of hydrogen-bond acceptors (Lipinski definition) is 3. The Balaban J connectivity index is 2.33. The van der Waals surface area contributed by atoms with Crippen LogP contribution in [0.15, 0.2) is 52.3 Å². The first-order chi connectivity index (χ1) is 9.60. The molecule has 3 heteroatoms. The first-order valence-electron chi connectivity index (χ1n) is 6.76. The molecule has 0 aliphatic rings. The van der Waals surface area contributed by atoms with Crippen molar-refractivity contribution in [1.29, 1.82) is 0 Å². The van der Waals surface area contributed by atoms with E-state index in [0.29, 0.717) is 0 Å². The average molecular weight is 287 g/mol. The lowest BCUT2D eigenvalue weighted by atomic mass is 10.1. The van der Waals surface area contributed by atoms with Gasteiger partial charge in [-0.25, -0.2) is 0 Å². The fourth-order valence-electron chi connectivity index (χ4n) is 2.14. The van der Waals surface area contributed by atoms with E-state index in [9.17, 15) is 0 Å². The van der Waals surface area contributed by atoms with Gasteiger partial charge in [0.05, 0.1) is 12.0 Å². The Hall–Kier alpha value is -1.45. The van der Waals surface area contributed by atoms with Crippen LogP contribution in [0.3, 0.4) is 0 Å². The number of aryl methyl sites for hydroxylation is 1. The Morgan fingerprint density at radius 1 is 1.15 bits per heavy atom. The van der Waals surface area contributed by atoms with Crippen LogP contribution in [-0.2, 0) is 6.42 Å². The maximum Gasteiger partial charge on any atom is 0.132 e. The summed E-state index contributed by atoms with van der Waals surface area (Å²) >= 11 is 1.74. The van der Waals surface area contributed by atoms with Crippen LogP contribution in [0.2, 0.25) is 0 Å². The molecule has 0 saturated carbocycles. The van der Waals surface area contributed by atoms with E-state index in [-0.39, 0.29) is 6.04 Å². The van der Waals surface area contributed by atoms with Gasteiger partial charge in [-0.3, -0.25) is 0 Å². The van der Waals surface area contributed by atoms with Crippen LogP contribution in [0, 0.1) is 6.92 Å². The molecule has 0 bridgehead atoms. The number of nitrogens with two attached hydrogens (primary N) is 1. The summed E-state index contributed by atoms with van der Waals surface area (Å²) in [5, 5.41) is 0. The third-order valence-electron chi connectivity index (χ3n) is 3.05. The van der Waals surface area contributed by atoms with Gasteiger partial charge in [-0.05, 0) is 44.0 Å². The second-order valence-corrected chi connectivity index (χ2v) is 6.13. The van der Waals surface area contributed by atoms with Crippen LogP contribution in [0.25, 0.3) is 0 Å². The SMILES string of the molecule is COc1ccccc1Sc1ccc(C)cc1CC(C)N. The summed E-state index contributed by atoms with van der Waals surface area (Å²) in [6, 6.07) is 14.8. The van der Waals surface area contributed by atoms with Crippen LogP contribution in [0.1, 0.15) is 18.1 Å². The number of methoxy groups -OCH3 is 1. The van der Waals surface area contributed by atoms with Gasteiger partial charge in [0.2, 0.25) is 0 Å². The molecule has 1 unspecified atom stereocenters. The van der Waals surface area contributed by atoms with Crippen molar-refractivity contribution in [2.75, 3.05) is 7.11 Å². The Morgan fingerprint density at radius 3 is 2.60 bits per heavy atom. The molecular formula is C17H21NOS. The highest BCUT2D eigenvalue weighted by Crippen LogP contribution is 2.36. The average Bonchev–Trinajstić information content (AvgIpc) is 2.42. The first kappa shape index (κ1) is 14.9. The zero-order chi connectivity index (χ0) is 14.5. The van der Waals surface area contributed by atoms with Crippen molar-refractivity contribution in [2.45, 2.75) is 36.1 Å². The van der Waals surface area contributed by atoms with E-state index in [1.54, 1.807) is 18.9 Å². The van der Waals surface area contributed by atoms with Crippen molar-refractivity contribution < 1.29 is 4.74 Å². The van der Waals surface area contributed by atoms with E-state index < -0.39 is 0 Å². The van der Waals surface area contributed by atoms with Gasteiger partial charge in [-0.15, -0.1) is 0 Å². The topological polar surface area (TPSA) is 35.2 Å². The summed E-state index contributed by atoms with van der Waals surface area (Å²) in [5.74, 6) is 0.907. The van der Waals surface area contributed by atoms with Gasteiger partial charge >= 0.3 is 0 Å². The molecule has 0 aromatic heterocycles. The highest BCUT2D eigenvalue weighted by atomic mass is 32.2. The molecule has 0 saturated heterocycles. The second kappa shape index (κ2) is 6.82. The van der Waals surface area contributed by atoms with Gasteiger partial charge in [-0.1, -0.05) is 41.6 Å². The van der Waals surface area contributed by atoms with Crippen LogP contribution >= 0.6 is 11.8 Å². The van der Waals surface area contributed by atoms with Gasteiger partial charge in [-0.2, -0.15) is 0 Å². The van der Waals surface area contributed by atoms with E-state index in [1.165, 1.54) is 16.0 Å². The first-order valence-corrected chi connectivity index (χ1v) is 7.57. The molecule has 2 rings (SSSR count). The fourth-order valence-corrected chi connectivity index (χ4v) is 3.18. The van der Waals surface area contributed by atoms with Crippen LogP contribution < -0.4 is 10.5 Å². The largest absolute Gasteiger partial charge is 0.496 e. The lowest BCUT2D eigenvalue weighted by Crippen LogP contribution is -2.18. The summed E-state index contributed by atoms with van der Waals surface area (Å²) in [4.78, 5) is 2.38. The standard InChI is InChI=1S/C17H21NOS/c1-12-8-9-16(14(10-12)11-13(2)18)20-17-7-5-4-6-15(17)19-3/h4-10,13H,11,18H2,1-3H3. The van der Waals surface area contributed by atoms with Crippen LogP contribution in [-0.4, -0.2) is 13.2 Å². The smallest absolute Gasteiger partial charge is 0.132 e. The number of ether oxygens (including phenoxy) is 1. The van der Waals surface area contributed by atoms with E-state index in [4.69, 9.17) is 10.5 Å². The van der Waals surface area contributed by atoms with E-state index in [0.717, 1.165) is 17.1 Å². The Kier molecular flexibility index (Phi) is 5.10. The molecular weight excluding hydrogens is 266 g/mol. The molecule has 0 spiro atoms. The van der Waals surface area contributed by atoms with Gasteiger partial charge in [0, 0.05) is 10.9 Å². The highest BCUT2D eigenvalue weighted by Gasteiger charge is 2.10. The third-order valence-corrected chi connectivity index (χ3v) is 4.22. The number of hydrogen-bond donors (Lipinski definition) is 1. The number of para-hydroxylation sites is 1. The lowest BCUT2D eigenvalue weighted by molar-refractivity contribution is 0.405. The molecule has 106 valence electrons. The van der Waals surface area contributed by atoms with Gasteiger partial charge in [0.15, 0.2) is 0 Å². The van der Waals surface area contributed by atoms with Gasteiger partial charge in [0.25, 0.3) is 0 Å². The van der Waals surface area contributed by atoms with Crippen molar-refractivity contribution in [3.05, 3.63) is 53.6 Å². The second-order valence-electron chi connectivity index (χ2n) is 5.05. The maximum absolute atomic E-state index is 5.96. The molecule has 2 N–H and O–H groups in total. The molecule has 0 aliphatic carbocycles. The van der Waals surface area contributed by atoms with Gasteiger partial charge in [0.1, 0.15) is 5.75 Å². The lowest BCUT2D eigenvalue weighted by Gasteiger charge is -2.14. The highest BCUT2D eigenvalue weighted by molar-refractivity contribution is 7.99. The van der Waals surface area contributed by atoms with E-state index in [1.807, 2.05) is 25.1 Å². The minimum Gasteiger partial charge on any atom is -0.496 e. The normalized spacial score (nSPS) is 12.2. The van der Waals surface area contributed by atoms with Crippen molar-refractivity contribution >= 4 is 11.8 Å².